The van der Waals surface area contributed by atoms with Gasteiger partial charge in [0.2, 0.25) is 5.91 Å². The zero-order valence-corrected chi connectivity index (χ0v) is 12.0. The number of rotatable bonds is 8. The molecule has 4 nitrogen and oxygen atoms in total. The monoisotopic (exact) mass is 263 g/mol. The summed E-state index contributed by atoms with van der Waals surface area (Å²) in [6.45, 7) is 5.73. The van der Waals surface area contributed by atoms with Crippen molar-refractivity contribution in [2.24, 2.45) is 0 Å². The molecule has 1 unspecified atom stereocenters. The first-order valence-electron chi connectivity index (χ1n) is 7.41. The average molecular weight is 263 g/mol. The van der Waals surface area contributed by atoms with Crippen LogP contribution in [0.5, 0.6) is 0 Å². The fourth-order valence-electron chi connectivity index (χ4n) is 2.35. The maximum absolute atomic E-state index is 11.7. The van der Waals surface area contributed by atoms with Gasteiger partial charge in [-0.15, -0.1) is 0 Å². The number of nitrogens with one attached hydrogen (secondary N) is 2. The standard InChI is InChI=1S/C15H25N3O/c1-3-5-14(16-4-2)12-8-9-18(10-12)11-15(19)17-13-6-7-13/h8-10,13-14,16H,3-7,11H2,1-2H3,(H,17,19). The minimum atomic E-state index is 0.125. The summed E-state index contributed by atoms with van der Waals surface area (Å²) in [4.78, 5) is 11.7. The molecule has 0 radical (unpaired) electrons. The van der Waals surface area contributed by atoms with Gasteiger partial charge in [0.15, 0.2) is 0 Å². The molecule has 106 valence electrons. The minimum absolute atomic E-state index is 0.125. The molecule has 1 heterocycles. The first kappa shape index (κ1) is 14.1. The Balaban J connectivity index is 1.90. The maximum Gasteiger partial charge on any atom is 0.240 e. The molecule has 0 aliphatic heterocycles. The number of carbonyl (C=O) groups is 1. The maximum atomic E-state index is 11.7. The van der Waals surface area contributed by atoms with Crippen LogP contribution in [0.4, 0.5) is 0 Å². The highest BCUT2D eigenvalue weighted by Crippen LogP contribution is 2.20. The van der Waals surface area contributed by atoms with Gasteiger partial charge in [-0.05, 0) is 37.4 Å². The topological polar surface area (TPSA) is 46.1 Å². The number of hydrogen-bond acceptors (Lipinski definition) is 2. The Kier molecular flexibility index (Phi) is 5.02. The first-order valence-corrected chi connectivity index (χ1v) is 7.41. The predicted molar refractivity (Wildman–Crippen MR) is 76.9 cm³/mol. The van der Waals surface area contributed by atoms with Crippen molar-refractivity contribution in [3.8, 4) is 0 Å². The molecular formula is C15H25N3O. The Labute approximate surface area is 115 Å². The van der Waals surface area contributed by atoms with Crippen LogP contribution in [-0.4, -0.2) is 23.1 Å². The Morgan fingerprint density at radius 2 is 2.26 bits per heavy atom. The lowest BCUT2D eigenvalue weighted by atomic mass is 10.1. The Bertz CT molecular complexity index is 403. The summed E-state index contributed by atoms with van der Waals surface area (Å²) in [5.74, 6) is 0.125. The number of amides is 1. The summed E-state index contributed by atoms with van der Waals surface area (Å²) in [6.07, 6.45) is 8.66. The van der Waals surface area contributed by atoms with Crippen LogP contribution in [0.1, 0.15) is 51.1 Å². The minimum Gasteiger partial charge on any atom is -0.352 e. The van der Waals surface area contributed by atoms with Gasteiger partial charge in [0.05, 0.1) is 0 Å². The van der Waals surface area contributed by atoms with E-state index in [2.05, 4.69) is 36.7 Å². The van der Waals surface area contributed by atoms with Crippen molar-refractivity contribution >= 4 is 5.91 Å². The fourth-order valence-corrected chi connectivity index (χ4v) is 2.35. The first-order chi connectivity index (χ1) is 9.22. The summed E-state index contributed by atoms with van der Waals surface area (Å²) in [5.41, 5.74) is 1.28. The third-order valence-electron chi connectivity index (χ3n) is 3.47. The molecule has 1 aliphatic carbocycles. The summed E-state index contributed by atoms with van der Waals surface area (Å²) in [5, 5.41) is 6.51. The summed E-state index contributed by atoms with van der Waals surface area (Å²) in [6, 6.07) is 2.97. The molecule has 0 spiro atoms. The number of hydrogen-bond donors (Lipinski definition) is 2. The molecule has 1 fully saturated rings. The molecule has 1 amide bonds. The third kappa shape index (κ3) is 4.39. The van der Waals surface area contributed by atoms with E-state index in [1.165, 1.54) is 5.56 Å². The predicted octanol–water partition coefficient (Wildman–Crippen LogP) is 2.22. The number of carbonyl (C=O) groups excluding carboxylic acids is 1. The van der Waals surface area contributed by atoms with Crippen LogP contribution >= 0.6 is 0 Å². The van der Waals surface area contributed by atoms with Crippen LogP contribution < -0.4 is 10.6 Å². The van der Waals surface area contributed by atoms with Gasteiger partial charge >= 0.3 is 0 Å². The zero-order valence-electron chi connectivity index (χ0n) is 12.0. The van der Waals surface area contributed by atoms with Gasteiger partial charge < -0.3 is 15.2 Å². The van der Waals surface area contributed by atoms with Crippen LogP contribution in [0.2, 0.25) is 0 Å². The second-order valence-electron chi connectivity index (χ2n) is 5.36. The van der Waals surface area contributed by atoms with Gasteiger partial charge in [0, 0.05) is 24.5 Å². The van der Waals surface area contributed by atoms with Gasteiger partial charge in [-0.3, -0.25) is 4.79 Å². The van der Waals surface area contributed by atoms with E-state index in [0.29, 0.717) is 18.6 Å². The van der Waals surface area contributed by atoms with E-state index >= 15 is 0 Å². The largest absolute Gasteiger partial charge is 0.352 e. The van der Waals surface area contributed by atoms with Crippen LogP contribution in [-0.2, 0) is 11.3 Å². The van der Waals surface area contributed by atoms with Crippen molar-refractivity contribution in [3.05, 3.63) is 24.0 Å². The molecular weight excluding hydrogens is 238 g/mol. The highest BCUT2D eigenvalue weighted by atomic mass is 16.2. The van der Waals surface area contributed by atoms with Crippen molar-refractivity contribution < 1.29 is 4.79 Å². The van der Waals surface area contributed by atoms with Crippen LogP contribution in [0.15, 0.2) is 18.5 Å². The smallest absolute Gasteiger partial charge is 0.240 e. The van der Waals surface area contributed by atoms with Crippen molar-refractivity contribution in [1.29, 1.82) is 0 Å². The number of aromatic nitrogens is 1. The highest BCUT2D eigenvalue weighted by Gasteiger charge is 2.23. The van der Waals surface area contributed by atoms with Crippen molar-refractivity contribution in [2.45, 2.75) is 58.2 Å². The van der Waals surface area contributed by atoms with Crippen LogP contribution in [0, 0.1) is 0 Å². The highest BCUT2D eigenvalue weighted by molar-refractivity contribution is 5.76. The molecule has 0 saturated heterocycles. The van der Waals surface area contributed by atoms with Gasteiger partial charge in [0.1, 0.15) is 6.54 Å². The van der Waals surface area contributed by atoms with Gasteiger partial charge in [-0.25, -0.2) is 0 Å². The summed E-state index contributed by atoms with van der Waals surface area (Å²) >= 11 is 0. The molecule has 1 aromatic rings. The van der Waals surface area contributed by atoms with Gasteiger partial charge in [-0.2, -0.15) is 0 Å². The SMILES string of the molecule is CCCC(NCC)c1ccn(CC(=O)NC2CC2)c1. The summed E-state index contributed by atoms with van der Waals surface area (Å²) in [7, 11) is 0. The normalized spacial score (nSPS) is 16.3. The molecule has 19 heavy (non-hydrogen) atoms. The molecule has 2 N–H and O–H groups in total. The Morgan fingerprint density at radius 1 is 1.47 bits per heavy atom. The average Bonchev–Trinajstić information content (AvgIpc) is 3.05. The molecule has 1 aromatic heterocycles. The third-order valence-corrected chi connectivity index (χ3v) is 3.47. The molecule has 1 aliphatic rings. The lowest BCUT2D eigenvalue weighted by Gasteiger charge is -2.15. The van der Waals surface area contributed by atoms with E-state index in [1.807, 2.05) is 10.8 Å². The Morgan fingerprint density at radius 3 is 2.89 bits per heavy atom. The summed E-state index contributed by atoms with van der Waals surface area (Å²) < 4.78 is 1.98. The van der Waals surface area contributed by atoms with Crippen molar-refractivity contribution in [1.82, 2.24) is 15.2 Å². The molecule has 0 aromatic carbocycles. The lowest BCUT2D eigenvalue weighted by Crippen LogP contribution is -2.28. The lowest BCUT2D eigenvalue weighted by molar-refractivity contribution is -0.121. The molecule has 1 saturated carbocycles. The second kappa shape index (κ2) is 6.75. The van der Waals surface area contributed by atoms with E-state index in [9.17, 15) is 4.79 Å². The molecule has 1 atom stereocenters. The van der Waals surface area contributed by atoms with E-state index in [1.54, 1.807) is 0 Å². The number of nitrogens with zero attached hydrogens (tertiary/aromatic N) is 1. The second-order valence-corrected chi connectivity index (χ2v) is 5.36. The van der Waals surface area contributed by atoms with E-state index in [0.717, 1.165) is 32.2 Å². The van der Waals surface area contributed by atoms with Crippen molar-refractivity contribution in [3.63, 3.8) is 0 Å². The molecule has 4 heteroatoms. The van der Waals surface area contributed by atoms with Crippen LogP contribution in [0.25, 0.3) is 0 Å². The zero-order chi connectivity index (χ0) is 13.7. The van der Waals surface area contributed by atoms with Crippen molar-refractivity contribution in [2.75, 3.05) is 6.54 Å². The Hall–Kier alpha value is -1.29. The van der Waals surface area contributed by atoms with E-state index in [-0.39, 0.29) is 5.91 Å². The van der Waals surface area contributed by atoms with E-state index < -0.39 is 0 Å². The van der Waals surface area contributed by atoms with Gasteiger partial charge in [0.25, 0.3) is 0 Å². The van der Waals surface area contributed by atoms with Crippen LogP contribution in [0.3, 0.4) is 0 Å². The molecule has 2 rings (SSSR count). The fraction of sp³-hybridized carbons (Fsp3) is 0.667. The van der Waals surface area contributed by atoms with E-state index in [4.69, 9.17) is 0 Å². The quantitative estimate of drug-likeness (QED) is 0.755. The molecule has 0 bridgehead atoms. The van der Waals surface area contributed by atoms with Gasteiger partial charge in [-0.1, -0.05) is 20.3 Å².